The van der Waals surface area contributed by atoms with Crippen LogP contribution in [0.25, 0.3) is 0 Å². The molecule has 7 nitrogen and oxygen atoms in total. The van der Waals surface area contributed by atoms with Crippen molar-refractivity contribution in [2.24, 2.45) is 5.92 Å². The summed E-state index contributed by atoms with van der Waals surface area (Å²) in [5.41, 5.74) is -2.17. The minimum absolute atomic E-state index is 0.128. The number of amides is 1. The number of hydrogen-bond acceptors (Lipinski definition) is 6. The highest BCUT2D eigenvalue weighted by Crippen LogP contribution is 2.49. The average molecular weight is 371 g/mol. The van der Waals surface area contributed by atoms with Gasteiger partial charge in [-0.25, -0.2) is 14.6 Å². The van der Waals surface area contributed by atoms with Crippen LogP contribution in [0.3, 0.4) is 0 Å². The molecule has 1 saturated carbocycles. The molecular formula is C17H23ClN2O5. The average Bonchev–Trinajstić information content (AvgIpc) is 3.31. The number of hydrogen-bond donors (Lipinski definition) is 2. The first-order valence-electron chi connectivity index (χ1n) is 8.14. The summed E-state index contributed by atoms with van der Waals surface area (Å²) in [6, 6.07) is 1.45. The zero-order valence-electron chi connectivity index (χ0n) is 14.8. The molecule has 2 rings (SSSR count). The summed E-state index contributed by atoms with van der Waals surface area (Å²) in [6.07, 6.45) is 1.96. The molecule has 0 spiro atoms. The van der Waals surface area contributed by atoms with E-state index in [1.165, 1.54) is 12.3 Å². The van der Waals surface area contributed by atoms with E-state index in [9.17, 15) is 14.7 Å². The number of nitrogens with zero attached hydrogens (tertiary/aromatic N) is 1. The highest BCUT2D eigenvalue weighted by atomic mass is 35.5. The molecule has 1 aliphatic rings. The quantitative estimate of drug-likeness (QED) is 0.610. The zero-order chi connectivity index (χ0) is 18.8. The van der Waals surface area contributed by atoms with E-state index in [0.717, 1.165) is 0 Å². The molecule has 0 bridgehead atoms. The topological polar surface area (TPSA) is 97.8 Å². The van der Waals surface area contributed by atoms with Gasteiger partial charge in [-0.15, -0.1) is 0 Å². The molecule has 1 aromatic rings. The monoisotopic (exact) mass is 370 g/mol. The maximum Gasteiger partial charge on any atom is 0.408 e. The third kappa shape index (κ3) is 4.15. The van der Waals surface area contributed by atoms with Gasteiger partial charge in [0.25, 0.3) is 0 Å². The Morgan fingerprint density at radius 3 is 2.56 bits per heavy atom. The Hall–Kier alpha value is -2.02. The fourth-order valence-electron chi connectivity index (χ4n) is 2.69. The molecule has 0 aliphatic heterocycles. The molecule has 1 aromatic heterocycles. The van der Waals surface area contributed by atoms with E-state index in [0.29, 0.717) is 12.8 Å². The molecular weight excluding hydrogens is 348 g/mol. The van der Waals surface area contributed by atoms with Gasteiger partial charge in [0.05, 0.1) is 6.61 Å². The Kier molecular flexibility index (Phi) is 5.46. The Balaban J connectivity index is 2.52. The van der Waals surface area contributed by atoms with Crippen LogP contribution in [0.4, 0.5) is 4.79 Å². The van der Waals surface area contributed by atoms with Gasteiger partial charge < -0.3 is 19.9 Å². The summed E-state index contributed by atoms with van der Waals surface area (Å²) >= 11 is 5.91. The maximum absolute atomic E-state index is 12.8. The van der Waals surface area contributed by atoms with Crippen molar-refractivity contribution in [3.05, 3.63) is 23.0 Å². The van der Waals surface area contributed by atoms with E-state index in [2.05, 4.69) is 10.3 Å². The molecule has 0 saturated heterocycles. The summed E-state index contributed by atoms with van der Waals surface area (Å²) in [5, 5.41) is 12.9. The highest BCUT2D eigenvalue weighted by Gasteiger charge is 2.56. The lowest BCUT2D eigenvalue weighted by molar-refractivity contribution is -0.153. The minimum atomic E-state index is -1.57. The second-order valence-corrected chi connectivity index (χ2v) is 7.29. The number of esters is 1. The summed E-state index contributed by atoms with van der Waals surface area (Å²) < 4.78 is 10.5. The first-order valence-corrected chi connectivity index (χ1v) is 8.52. The number of rotatable bonds is 5. The van der Waals surface area contributed by atoms with Gasteiger partial charge in [-0.3, -0.25) is 0 Å². The molecule has 2 N–H and O–H groups in total. The summed E-state index contributed by atoms with van der Waals surface area (Å²) in [5.74, 6) is -1.26. The Morgan fingerprint density at radius 2 is 2.04 bits per heavy atom. The van der Waals surface area contributed by atoms with Crippen LogP contribution in [-0.2, 0) is 19.8 Å². The number of alkyl carbamates (subject to hydrolysis) is 1. The number of halogens is 1. The largest absolute Gasteiger partial charge is 0.504 e. The number of aromatic hydroxyl groups is 1. The number of pyridine rings is 1. The fraction of sp³-hybridized carbons (Fsp3) is 0.588. The first-order chi connectivity index (χ1) is 11.6. The van der Waals surface area contributed by atoms with Gasteiger partial charge in [0.2, 0.25) is 0 Å². The Labute approximate surface area is 151 Å². The SMILES string of the molecule is CCOC(=O)[C@@](NC(=O)OC(C)(C)C)(c1ccnc(Cl)c1O)C1CC1. The lowest BCUT2D eigenvalue weighted by Crippen LogP contribution is -2.55. The van der Waals surface area contributed by atoms with E-state index < -0.39 is 23.2 Å². The predicted molar refractivity (Wildman–Crippen MR) is 91.3 cm³/mol. The summed E-state index contributed by atoms with van der Waals surface area (Å²) in [6.45, 7) is 6.95. The number of ether oxygens (including phenoxy) is 2. The van der Waals surface area contributed by atoms with Crippen molar-refractivity contribution in [3.63, 3.8) is 0 Å². The van der Waals surface area contributed by atoms with Crippen LogP contribution >= 0.6 is 11.6 Å². The van der Waals surface area contributed by atoms with Crippen LogP contribution in [0.1, 0.15) is 46.1 Å². The van der Waals surface area contributed by atoms with Crippen LogP contribution in [0.5, 0.6) is 5.75 Å². The van der Waals surface area contributed by atoms with Crippen LogP contribution in [0, 0.1) is 5.92 Å². The molecule has 1 amide bonds. The van der Waals surface area contributed by atoms with Crippen molar-refractivity contribution in [1.82, 2.24) is 10.3 Å². The van der Waals surface area contributed by atoms with E-state index in [4.69, 9.17) is 21.1 Å². The van der Waals surface area contributed by atoms with Crippen molar-refractivity contribution in [2.45, 2.75) is 51.7 Å². The van der Waals surface area contributed by atoms with Crippen LogP contribution in [0.2, 0.25) is 5.15 Å². The second-order valence-electron chi connectivity index (χ2n) is 6.93. The van der Waals surface area contributed by atoms with Crippen molar-refractivity contribution in [3.8, 4) is 5.75 Å². The number of nitrogens with one attached hydrogen (secondary N) is 1. The van der Waals surface area contributed by atoms with Crippen molar-refractivity contribution >= 4 is 23.7 Å². The van der Waals surface area contributed by atoms with E-state index >= 15 is 0 Å². The predicted octanol–water partition coefficient (Wildman–Crippen LogP) is 3.13. The van der Waals surface area contributed by atoms with E-state index in [1.807, 2.05) is 0 Å². The standard InChI is InChI=1S/C17H23ClN2O5/c1-5-24-14(22)17(10-6-7-10,20-15(23)25-16(2,3)4)11-8-9-19-13(18)12(11)21/h8-10,21H,5-7H2,1-4H3,(H,20,23)/t17-/m0/s1. The van der Waals surface area contributed by atoms with E-state index in [1.54, 1.807) is 27.7 Å². The van der Waals surface area contributed by atoms with Crippen molar-refractivity contribution < 1.29 is 24.2 Å². The Morgan fingerprint density at radius 1 is 1.40 bits per heavy atom. The van der Waals surface area contributed by atoms with Gasteiger partial charge >= 0.3 is 12.1 Å². The van der Waals surface area contributed by atoms with Crippen LogP contribution in [-0.4, -0.2) is 34.4 Å². The lowest BCUT2D eigenvalue weighted by atomic mass is 9.84. The van der Waals surface area contributed by atoms with Crippen molar-refractivity contribution in [1.29, 1.82) is 0 Å². The normalized spacial score (nSPS) is 16.7. The lowest BCUT2D eigenvalue weighted by Gasteiger charge is -2.34. The zero-order valence-corrected chi connectivity index (χ0v) is 15.5. The second kappa shape index (κ2) is 7.07. The van der Waals surface area contributed by atoms with Crippen molar-refractivity contribution in [2.75, 3.05) is 6.61 Å². The first kappa shape index (κ1) is 19.3. The smallest absolute Gasteiger partial charge is 0.408 e. The number of carbonyl (C=O) groups is 2. The molecule has 1 atom stereocenters. The third-order valence-electron chi connectivity index (χ3n) is 3.79. The van der Waals surface area contributed by atoms with Gasteiger partial charge in [0, 0.05) is 11.8 Å². The maximum atomic E-state index is 12.8. The molecule has 1 fully saturated rings. The molecule has 1 aliphatic carbocycles. The molecule has 8 heteroatoms. The highest BCUT2D eigenvalue weighted by molar-refractivity contribution is 6.31. The third-order valence-corrected chi connectivity index (χ3v) is 4.07. The van der Waals surface area contributed by atoms with Crippen LogP contribution in [0.15, 0.2) is 12.3 Å². The van der Waals surface area contributed by atoms with Gasteiger partial charge in [0.1, 0.15) is 5.60 Å². The Bertz CT molecular complexity index is 669. The molecule has 25 heavy (non-hydrogen) atoms. The molecule has 1 heterocycles. The molecule has 0 radical (unpaired) electrons. The number of aromatic nitrogens is 1. The molecule has 0 unspecified atom stereocenters. The number of carbonyl (C=O) groups excluding carboxylic acids is 2. The summed E-state index contributed by atoms with van der Waals surface area (Å²) in [4.78, 5) is 29.1. The minimum Gasteiger partial charge on any atom is -0.504 e. The van der Waals surface area contributed by atoms with Gasteiger partial charge in [0.15, 0.2) is 16.4 Å². The van der Waals surface area contributed by atoms with E-state index in [-0.39, 0.29) is 29.0 Å². The molecule has 138 valence electrons. The van der Waals surface area contributed by atoms with Gasteiger partial charge in [-0.05, 0) is 52.5 Å². The van der Waals surface area contributed by atoms with Gasteiger partial charge in [-0.2, -0.15) is 0 Å². The molecule has 0 aromatic carbocycles. The summed E-state index contributed by atoms with van der Waals surface area (Å²) in [7, 11) is 0. The van der Waals surface area contributed by atoms with Crippen LogP contribution < -0.4 is 5.32 Å². The van der Waals surface area contributed by atoms with Gasteiger partial charge in [-0.1, -0.05) is 11.6 Å². The fourth-order valence-corrected chi connectivity index (χ4v) is 2.85.